The number of aromatic nitrogens is 2. The summed E-state index contributed by atoms with van der Waals surface area (Å²) >= 11 is 0. The second-order valence-corrected chi connectivity index (χ2v) is 6.06. The van der Waals surface area contributed by atoms with Crippen LogP contribution in [0.1, 0.15) is 17.2 Å². The minimum absolute atomic E-state index is 0.0901. The molecule has 1 saturated heterocycles. The summed E-state index contributed by atoms with van der Waals surface area (Å²) in [5.74, 6) is 1.08. The largest absolute Gasteiger partial charge is 0.360 e. The smallest absolute Gasteiger partial charge is 0.321 e. The number of hydrogen-bond acceptors (Lipinski definition) is 4. The molecule has 6 heteroatoms. The lowest BCUT2D eigenvalue weighted by molar-refractivity contribution is 0.164. The fraction of sp³-hybridized carbons (Fsp3) is 0.353. The van der Waals surface area contributed by atoms with Crippen LogP contribution >= 0.6 is 0 Å². The van der Waals surface area contributed by atoms with E-state index in [0.29, 0.717) is 17.4 Å². The Labute approximate surface area is 136 Å². The van der Waals surface area contributed by atoms with E-state index in [4.69, 9.17) is 0 Å². The van der Waals surface area contributed by atoms with E-state index in [-0.39, 0.29) is 6.03 Å². The number of benzene rings is 1. The molecule has 1 fully saturated rings. The highest BCUT2D eigenvalue weighted by Crippen LogP contribution is 2.28. The lowest BCUT2D eigenvalue weighted by Crippen LogP contribution is -2.50. The van der Waals surface area contributed by atoms with Crippen LogP contribution in [0.5, 0.6) is 0 Å². The number of nitrogens with one attached hydrogen (secondary N) is 1. The van der Waals surface area contributed by atoms with Gasteiger partial charge in [0.25, 0.3) is 0 Å². The van der Waals surface area contributed by atoms with Gasteiger partial charge in [0.1, 0.15) is 0 Å². The Morgan fingerprint density at radius 1 is 1.22 bits per heavy atom. The maximum Gasteiger partial charge on any atom is 0.321 e. The van der Waals surface area contributed by atoms with E-state index in [1.165, 1.54) is 5.56 Å². The van der Waals surface area contributed by atoms with Crippen molar-refractivity contribution in [3.8, 4) is 0 Å². The van der Waals surface area contributed by atoms with Gasteiger partial charge in [-0.1, -0.05) is 30.3 Å². The van der Waals surface area contributed by atoms with Gasteiger partial charge in [0.05, 0.1) is 11.4 Å². The van der Waals surface area contributed by atoms with Gasteiger partial charge in [0.2, 0.25) is 0 Å². The Morgan fingerprint density at radius 2 is 1.91 bits per heavy atom. The molecule has 2 heterocycles. The van der Waals surface area contributed by atoms with Gasteiger partial charge < -0.3 is 15.1 Å². The molecular formula is C17H21N5O. The molecule has 1 aromatic heterocycles. The number of anilines is 2. The van der Waals surface area contributed by atoms with Gasteiger partial charge in [0.15, 0.2) is 5.82 Å². The molecule has 2 amide bonds. The third kappa shape index (κ3) is 3.26. The molecule has 0 spiro atoms. The molecule has 0 saturated carbocycles. The number of carbonyl (C=O) groups is 1. The summed E-state index contributed by atoms with van der Waals surface area (Å²) in [7, 11) is 3.76. The van der Waals surface area contributed by atoms with E-state index in [2.05, 4.69) is 27.6 Å². The Hall–Kier alpha value is -2.63. The number of nitrogens with zero attached hydrogens (tertiary/aromatic N) is 4. The lowest BCUT2D eigenvalue weighted by Gasteiger charge is -2.39. The molecule has 0 aliphatic carbocycles. The highest BCUT2D eigenvalue weighted by molar-refractivity contribution is 5.93. The molecule has 3 rings (SSSR count). The molecule has 120 valence electrons. The van der Waals surface area contributed by atoms with Crippen molar-refractivity contribution in [2.24, 2.45) is 0 Å². The van der Waals surface area contributed by atoms with Crippen LogP contribution in [-0.4, -0.2) is 48.3 Å². The zero-order valence-corrected chi connectivity index (χ0v) is 13.7. The standard InChI is InChI=1S/C17H21N5O/c1-12-9-15(16(20-19-12)21(2)3)18-17(23)22-10-14(11-22)13-7-5-4-6-8-13/h4-9,14H,10-11H2,1-3H3,(H,18,19,23). The molecule has 0 radical (unpaired) electrons. The summed E-state index contributed by atoms with van der Waals surface area (Å²) in [6.45, 7) is 3.34. The van der Waals surface area contributed by atoms with Crippen molar-refractivity contribution >= 4 is 17.5 Å². The van der Waals surface area contributed by atoms with Crippen LogP contribution in [0, 0.1) is 6.92 Å². The number of hydrogen-bond donors (Lipinski definition) is 1. The summed E-state index contributed by atoms with van der Waals surface area (Å²) in [6.07, 6.45) is 0. The second-order valence-electron chi connectivity index (χ2n) is 6.06. The average Bonchev–Trinajstić information content (AvgIpc) is 2.46. The fourth-order valence-corrected chi connectivity index (χ4v) is 2.68. The summed E-state index contributed by atoms with van der Waals surface area (Å²) in [6, 6.07) is 12.1. The zero-order chi connectivity index (χ0) is 16.4. The first-order valence-corrected chi connectivity index (χ1v) is 7.67. The van der Waals surface area contributed by atoms with Crippen LogP contribution in [0.2, 0.25) is 0 Å². The van der Waals surface area contributed by atoms with E-state index in [1.54, 1.807) is 0 Å². The first-order chi connectivity index (χ1) is 11.0. The monoisotopic (exact) mass is 311 g/mol. The van der Waals surface area contributed by atoms with Gasteiger partial charge in [-0.3, -0.25) is 0 Å². The maximum absolute atomic E-state index is 12.4. The van der Waals surface area contributed by atoms with Crippen LogP contribution in [0.25, 0.3) is 0 Å². The minimum atomic E-state index is -0.0901. The van der Waals surface area contributed by atoms with E-state index in [9.17, 15) is 4.79 Å². The van der Waals surface area contributed by atoms with Gasteiger partial charge in [-0.05, 0) is 18.6 Å². The number of rotatable bonds is 3. The molecule has 23 heavy (non-hydrogen) atoms. The number of aryl methyl sites for hydroxylation is 1. The first-order valence-electron chi connectivity index (χ1n) is 7.67. The summed E-state index contributed by atoms with van der Waals surface area (Å²) in [5, 5.41) is 11.1. The predicted molar refractivity (Wildman–Crippen MR) is 90.9 cm³/mol. The Bertz CT molecular complexity index is 695. The first kappa shape index (κ1) is 15.3. The molecule has 0 atom stereocenters. The molecular weight excluding hydrogens is 290 g/mol. The van der Waals surface area contributed by atoms with Gasteiger partial charge >= 0.3 is 6.03 Å². The molecule has 1 N–H and O–H groups in total. The number of amides is 2. The van der Waals surface area contributed by atoms with Crippen LogP contribution in [0.15, 0.2) is 36.4 Å². The number of likely N-dealkylation sites (tertiary alicyclic amines) is 1. The Balaban J connectivity index is 1.64. The van der Waals surface area contributed by atoms with Gasteiger partial charge in [-0.2, -0.15) is 5.10 Å². The van der Waals surface area contributed by atoms with Crippen molar-refractivity contribution in [3.63, 3.8) is 0 Å². The van der Waals surface area contributed by atoms with Crippen LogP contribution in [0.4, 0.5) is 16.3 Å². The zero-order valence-electron chi connectivity index (χ0n) is 13.7. The normalized spacial score (nSPS) is 14.3. The van der Waals surface area contributed by atoms with Crippen LogP contribution in [0.3, 0.4) is 0 Å². The van der Waals surface area contributed by atoms with Gasteiger partial charge in [-0.25, -0.2) is 4.79 Å². The number of carbonyl (C=O) groups excluding carboxylic acids is 1. The van der Waals surface area contributed by atoms with E-state index < -0.39 is 0 Å². The van der Waals surface area contributed by atoms with Crippen molar-refractivity contribution in [1.82, 2.24) is 15.1 Å². The lowest BCUT2D eigenvalue weighted by atomic mass is 9.92. The fourth-order valence-electron chi connectivity index (χ4n) is 2.68. The van der Waals surface area contributed by atoms with Crippen molar-refractivity contribution in [2.45, 2.75) is 12.8 Å². The number of urea groups is 1. The molecule has 1 aliphatic rings. The predicted octanol–water partition coefficient (Wildman–Crippen LogP) is 2.48. The van der Waals surface area contributed by atoms with Crippen molar-refractivity contribution in [1.29, 1.82) is 0 Å². The van der Waals surface area contributed by atoms with Crippen molar-refractivity contribution < 1.29 is 4.79 Å². The second kappa shape index (κ2) is 6.24. The molecule has 1 aliphatic heterocycles. The highest BCUT2D eigenvalue weighted by Gasteiger charge is 2.32. The van der Waals surface area contributed by atoms with Gasteiger partial charge in [0, 0.05) is 33.1 Å². The minimum Gasteiger partial charge on any atom is -0.360 e. The molecule has 0 bridgehead atoms. The Kier molecular flexibility index (Phi) is 4.14. The molecule has 6 nitrogen and oxygen atoms in total. The van der Waals surface area contributed by atoms with Crippen molar-refractivity contribution in [2.75, 3.05) is 37.4 Å². The molecule has 0 unspecified atom stereocenters. The third-order valence-electron chi connectivity index (χ3n) is 4.00. The summed E-state index contributed by atoms with van der Waals surface area (Å²) in [4.78, 5) is 16.1. The summed E-state index contributed by atoms with van der Waals surface area (Å²) in [5.41, 5.74) is 2.75. The van der Waals surface area contributed by atoms with Crippen LogP contribution < -0.4 is 10.2 Å². The highest BCUT2D eigenvalue weighted by atomic mass is 16.2. The quantitative estimate of drug-likeness (QED) is 0.946. The Morgan fingerprint density at radius 3 is 2.57 bits per heavy atom. The van der Waals surface area contributed by atoms with Crippen molar-refractivity contribution in [3.05, 3.63) is 47.7 Å². The maximum atomic E-state index is 12.4. The topological polar surface area (TPSA) is 61.4 Å². The molecule has 2 aromatic rings. The molecule has 1 aromatic carbocycles. The van der Waals surface area contributed by atoms with Crippen LogP contribution in [-0.2, 0) is 0 Å². The van der Waals surface area contributed by atoms with E-state index >= 15 is 0 Å². The van der Waals surface area contributed by atoms with E-state index in [0.717, 1.165) is 18.8 Å². The SMILES string of the molecule is Cc1cc(NC(=O)N2CC(c3ccccc3)C2)c(N(C)C)nn1. The summed E-state index contributed by atoms with van der Waals surface area (Å²) < 4.78 is 0. The third-order valence-corrected chi connectivity index (χ3v) is 4.00. The van der Waals surface area contributed by atoms with Gasteiger partial charge in [-0.15, -0.1) is 5.10 Å². The average molecular weight is 311 g/mol. The van der Waals surface area contributed by atoms with E-state index in [1.807, 2.05) is 55.1 Å².